The normalized spacial score (nSPS) is 21.1. The highest BCUT2D eigenvalue weighted by molar-refractivity contribution is 5.91. The van der Waals surface area contributed by atoms with Crippen molar-refractivity contribution in [2.45, 2.75) is 45.6 Å². The second kappa shape index (κ2) is 8.53. The van der Waals surface area contributed by atoms with Crippen LogP contribution in [0.1, 0.15) is 39.5 Å². The molecule has 3 nitrogen and oxygen atoms in total. The standard InChI is InChI=1S/C21H27NO2/c1-5-16-9-7-8-10-19-18(16)13-14-20(19)22-15(3)11-12-17(6-2)21(23)24-4/h6-8,10-12,20,22H,2,5,9,13-14H2,1,3-4H3/b15-11+,17-12+. The SMILES string of the molecule is C=C/C(=C\C=C(/C)NC1CCC2=C(CC)CC=CC=C21)C(=O)OC. The molecule has 128 valence electrons. The molecule has 2 aliphatic rings. The second-order valence-electron chi connectivity index (χ2n) is 6.09. The fourth-order valence-electron chi connectivity index (χ4n) is 3.28. The first kappa shape index (κ1) is 18.1. The molecule has 2 aliphatic carbocycles. The minimum atomic E-state index is -0.371. The molecule has 1 N–H and O–H groups in total. The highest BCUT2D eigenvalue weighted by Crippen LogP contribution is 2.37. The molecule has 0 spiro atoms. The van der Waals surface area contributed by atoms with Crippen LogP contribution in [-0.4, -0.2) is 19.1 Å². The summed E-state index contributed by atoms with van der Waals surface area (Å²) in [4.78, 5) is 11.6. The molecule has 1 fully saturated rings. The number of nitrogens with one attached hydrogen (secondary N) is 1. The highest BCUT2D eigenvalue weighted by Gasteiger charge is 2.27. The van der Waals surface area contributed by atoms with Crippen molar-refractivity contribution in [3.05, 3.63) is 71.0 Å². The lowest BCUT2D eigenvalue weighted by atomic mass is 9.99. The van der Waals surface area contributed by atoms with Gasteiger partial charge in [0.1, 0.15) is 0 Å². The summed E-state index contributed by atoms with van der Waals surface area (Å²) in [6.07, 6.45) is 16.2. The quantitative estimate of drug-likeness (QED) is 0.443. The van der Waals surface area contributed by atoms with Crippen molar-refractivity contribution in [1.29, 1.82) is 0 Å². The Hall–Kier alpha value is -2.29. The van der Waals surface area contributed by atoms with Crippen LogP contribution in [-0.2, 0) is 9.53 Å². The van der Waals surface area contributed by atoms with Gasteiger partial charge in [-0.3, -0.25) is 0 Å². The van der Waals surface area contributed by atoms with E-state index < -0.39 is 0 Å². The number of methoxy groups -OCH3 is 1. The van der Waals surface area contributed by atoms with Crippen LogP contribution in [0.4, 0.5) is 0 Å². The molecule has 3 heteroatoms. The number of carbonyl (C=O) groups is 1. The van der Waals surface area contributed by atoms with Crippen molar-refractivity contribution >= 4 is 5.97 Å². The topological polar surface area (TPSA) is 38.3 Å². The third-order valence-electron chi connectivity index (χ3n) is 4.59. The first-order chi connectivity index (χ1) is 11.6. The number of rotatable bonds is 6. The summed E-state index contributed by atoms with van der Waals surface area (Å²) in [5.41, 5.74) is 5.98. The maximum atomic E-state index is 11.6. The van der Waals surface area contributed by atoms with Crippen LogP contribution in [0.3, 0.4) is 0 Å². The Morgan fingerprint density at radius 2 is 2.25 bits per heavy atom. The van der Waals surface area contributed by atoms with Gasteiger partial charge in [0.15, 0.2) is 0 Å². The van der Waals surface area contributed by atoms with Crippen molar-refractivity contribution in [2.24, 2.45) is 0 Å². The zero-order valence-corrected chi connectivity index (χ0v) is 14.9. The number of hydrogen-bond donors (Lipinski definition) is 1. The minimum absolute atomic E-state index is 0.333. The molecular weight excluding hydrogens is 298 g/mol. The summed E-state index contributed by atoms with van der Waals surface area (Å²) in [5, 5.41) is 3.58. The maximum absolute atomic E-state index is 11.6. The zero-order chi connectivity index (χ0) is 17.5. The van der Waals surface area contributed by atoms with Gasteiger partial charge in [0, 0.05) is 5.70 Å². The van der Waals surface area contributed by atoms with Crippen molar-refractivity contribution in [1.82, 2.24) is 5.32 Å². The Kier molecular flexibility index (Phi) is 6.42. The Bertz CT molecular complexity index is 659. The average molecular weight is 325 g/mol. The molecule has 0 aromatic rings. The number of allylic oxidation sites excluding steroid dienone is 7. The number of ether oxygens (including phenoxy) is 1. The lowest BCUT2D eigenvalue weighted by Crippen LogP contribution is -2.26. The summed E-state index contributed by atoms with van der Waals surface area (Å²) in [6, 6.07) is 0.333. The minimum Gasteiger partial charge on any atom is -0.465 e. The molecule has 1 atom stereocenters. The van der Waals surface area contributed by atoms with E-state index in [2.05, 4.69) is 37.0 Å². The van der Waals surface area contributed by atoms with Gasteiger partial charge in [0.25, 0.3) is 0 Å². The van der Waals surface area contributed by atoms with Gasteiger partial charge >= 0.3 is 5.97 Å². The van der Waals surface area contributed by atoms with E-state index in [4.69, 9.17) is 4.74 Å². The van der Waals surface area contributed by atoms with Crippen LogP contribution < -0.4 is 5.32 Å². The van der Waals surface area contributed by atoms with Crippen molar-refractivity contribution < 1.29 is 9.53 Å². The largest absolute Gasteiger partial charge is 0.465 e. The first-order valence-electron chi connectivity index (χ1n) is 8.54. The number of carbonyl (C=O) groups excluding carboxylic acids is 1. The van der Waals surface area contributed by atoms with E-state index in [0.717, 1.165) is 31.4 Å². The summed E-state index contributed by atoms with van der Waals surface area (Å²) in [6.45, 7) is 7.91. The van der Waals surface area contributed by atoms with E-state index in [1.165, 1.54) is 24.3 Å². The highest BCUT2D eigenvalue weighted by atomic mass is 16.5. The van der Waals surface area contributed by atoms with Gasteiger partial charge in [-0.2, -0.15) is 0 Å². The average Bonchev–Trinajstić information content (AvgIpc) is 2.85. The first-order valence-corrected chi connectivity index (χ1v) is 8.54. The Balaban J connectivity index is 2.14. The molecule has 1 unspecified atom stereocenters. The summed E-state index contributed by atoms with van der Waals surface area (Å²) >= 11 is 0. The summed E-state index contributed by atoms with van der Waals surface area (Å²) < 4.78 is 4.73. The van der Waals surface area contributed by atoms with Crippen LogP contribution in [0.5, 0.6) is 0 Å². The smallest absolute Gasteiger partial charge is 0.337 e. The molecule has 0 heterocycles. The van der Waals surface area contributed by atoms with Crippen LogP contribution in [0, 0.1) is 0 Å². The number of hydrogen-bond acceptors (Lipinski definition) is 3. The fourth-order valence-corrected chi connectivity index (χ4v) is 3.28. The lowest BCUT2D eigenvalue weighted by molar-refractivity contribution is -0.135. The monoisotopic (exact) mass is 325 g/mol. The molecule has 0 aliphatic heterocycles. The second-order valence-corrected chi connectivity index (χ2v) is 6.09. The third-order valence-corrected chi connectivity index (χ3v) is 4.59. The maximum Gasteiger partial charge on any atom is 0.337 e. The van der Waals surface area contributed by atoms with Crippen molar-refractivity contribution in [3.63, 3.8) is 0 Å². The van der Waals surface area contributed by atoms with Crippen molar-refractivity contribution in [3.8, 4) is 0 Å². The molecule has 0 amide bonds. The molecule has 0 saturated heterocycles. The van der Waals surface area contributed by atoms with Gasteiger partial charge in [-0.1, -0.05) is 43.4 Å². The van der Waals surface area contributed by atoms with E-state index in [-0.39, 0.29) is 5.97 Å². The molecule has 0 aromatic heterocycles. The van der Waals surface area contributed by atoms with E-state index in [1.807, 2.05) is 13.0 Å². The van der Waals surface area contributed by atoms with Gasteiger partial charge in [0.2, 0.25) is 0 Å². The Labute approximate surface area is 145 Å². The Morgan fingerprint density at radius 3 is 2.92 bits per heavy atom. The predicted molar refractivity (Wildman–Crippen MR) is 99.4 cm³/mol. The molecular formula is C21H27NO2. The Morgan fingerprint density at radius 1 is 1.46 bits per heavy atom. The van der Waals surface area contributed by atoms with E-state index in [1.54, 1.807) is 11.6 Å². The third kappa shape index (κ3) is 4.16. The molecule has 0 bridgehead atoms. The van der Waals surface area contributed by atoms with Gasteiger partial charge in [-0.25, -0.2) is 4.79 Å². The molecule has 0 aromatic carbocycles. The summed E-state index contributed by atoms with van der Waals surface area (Å²) in [7, 11) is 1.37. The van der Waals surface area contributed by atoms with Crippen LogP contribution in [0.2, 0.25) is 0 Å². The van der Waals surface area contributed by atoms with Crippen LogP contribution >= 0.6 is 0 Å². The van der Waals surface area contributed by atoms with Gasteiger partial charge < -0.3 is 10.1 Å². The molecule has 0 radical (unpaired) electrons. The zero-order valence-electron chi connectivity index (χ0n) is 14.9. The van der Waals surface area contributed by atoms with E-state index in [0.29, 0.717) is 11.6 Å². The molecule has 24 heavy (non-hydrogen) atoms. The van der Waals surface area contributed by atoms with E-state index in [9.17, 15) is 4.79 Å². The number of fused-ring (bicyclic) bond motifs is 1. The number of esters is 1. The summed E-state index contributed by atoms with van der Waals surface area (Å²) in [5.74, 6) is -0.371. The predicted octanol–water partition coefficient (Wildman–Crippen LogP) is 4.52. The van der Waals surface area contributed by atoms with Gasteiger partial charge in [0.05, 0.1) is 18.7 Å². The molecule has 2 rings (SSSR count). The lowest BCUT2D eigenvalue weighted by Gasteiger charge is -2.17. The van der Waals surface area contributed by atoms with Crippen LogP contribution in [0.25, 0.3) is 0 Å². The van der Waals surface area contributed by atoms with Crippen LogP contribution in [0.15, 0.2) is 71.0 Å². The fraction of sp³-hybridized carbons (Fsp3) is 0.381. The van der Waals surface area contributed by atoms with Gasteiger partial charge in [-0.05, 0) is 55.9 Å². The van der Waals surface area contributed by atoms with E-state index >= 15 is 0 Å². The molecule has 1 saturated carbocycles. The van der Waals surface area contributed by atoms with Gasteiger partial charge in [-0.15, -0.1) is 0 Å². The van der Waals surface area contributed by atoms with Crippen molar-refractivity contribution in [2.75, 3.05) is 7.11 Å².